The number of nitrogens with one attached hydrogen (secondary N) is 2. The van der Waals surface area contributed by atoms with Crippen molar-refractivity contribution in [3.8, 4) is 0 Å². The topological polar surface area (TPSA) is 76.1 Å². The van der Waals surface area contributed by atoms with E-state index in [9.17, 15) is 4.79 Å². The summed E-state index contributed by atoms with van der Waals surface area (Å²) in [6, 6.07) is 2.24. The summed E-state index contributed by atoms with van der Waals surface area (Å²) in [7, 11) is 0. The summed E-state index contributed by atoms with van der Waals surface area (Å²) in [5, 5.41) is 8.56. The Balaban J connectivity index is 1.54. The van der Waals surface area contributed by atoms with E-state index in [4.69, 9.17) is 16.3 Å². The van der Waals surface area contributed by atoms with Gasteiger partial charge in [0.1, 0.15) is 11.9 Å². The second kappa shape index (κ2) is 7.33. The van der Waals surface area contributed by atoms with Gasteiger partial charge >= 0.3 is 6.09 Å². The number of amides is 1. The first-order valence-corrected chi connectivity index (χ1v) is 9.72. The average molecular weight is 383 g/mol. The van der Waals surface area contributed by atoms with E-state index in [1.165, 1.54) is 0 Å². The zero-order valence-corrected chi connectivity index (χ0v) is 16.2. The van der Waals surface area contributed by atoms with Crippen molar-refractivity contribution in [2.45, 2.75) is 64.1 Å². The number of ether oxygens (including phenoxy) is 1. The van der Waals surface area contributed by atoms with Crippen LogP contribution < -0.4 is 10.6 Å². The van der Waals surface area contributed by atoms with Gasteiger partial charge < -0.3 is 15.4 Å². The summed E-state index contributed by atoms with van der Waals surface area (Å²) in [6.07, 6.45) is 3.13. The SMILES string of the molecule is CC(C)(C)NC(=O)OC1CCC(Nc2nc(Cl)nc3ccsc23)CC1. The Morgan fingerprint density at radius 2 is 2.00 bits per heavy atom. The van der Waals surface area contributed by atoms with Gasteiger partial charge in [-0.1, -0.05) is 0 Å². The maximum atomic E-state index is 11.9. The van der Waals surface area contributed by atoms with E-state index in [0.29, 0.717) is 6.04 Å². The molecule has 0 aromatic carbocycles. The fraction of sp³-hybridized carbons (Fsp3) is 0.588. The van der Waals surface area contributed by atoms with E-state index in [1.807, 2.05) is 32.2 Å². The van der Waals surface area contributed by atoms with Crippen LogP contribution in [0.1, 0.15) is 46.5 Å². The number of thiophene rings is 1. The fourth-order valence-electron chi connectivity index (χ4n) is 2.94. The Bertz CT molecular complexity index is 751. The second-order valence-corrected chi connectivity index (χ2v) is 8.63. The summed E-state index contributed by atoms with van der Waals surface area (Å²) in [4.78, 5) is 20.4. The first-order chi connectivity index (χ1) is 11.8. The normalized spacial score (nSPS) is 21.1. The molecule has 0 unspecified atom stereocenters. The minimum Gasteiger partial charge on any atom is -0.446 e. The number of alkyl carbamates (subject to hydrolysis) is 1. The van der Waals surface area contributed by atoms with E-state index in [0.717, 1.165) is 41.7 Å². The van der Waals surface area contributed by atoms with Gasteiger partial charge in [-0.05, 0) is 69.5 Å². The first-order valence-electron chi connectivity index (χ1n) is 8.46. The highest BCUT2D eigenvalue weighted by Crippen LogP contribution is 2.30. The van der Waals surface area contributed by atoms with Crippen LogP contribution in [0.15, 0.2) is 11.4 Å². The molecule has 136 valence electrons. The van der Waals surface area contributed by atoms with Gasteiger partial charge in [-0.15, -0.1) is 11.3 Å². The molecule has 0 atom stereocenters. The van der Waals surface area contributed by atoms with E-state index < -0.39 is 0 Å². The summed E-state index contributed by atoms with van der Waals surface area (Å²) in [5.41, 5.74) is 0.581. The monoisotopic (exact) mass is 382 g/mol. The molecule has 0 spiro atoms. The van der Waals surface area contributed by atoms with Crippen LogP contribution in [0.5, 0.6) is 0 Å². The lowest BCUT2D eigenvalue weighted by Gasteiger charge is -2.30. The Labute approximate surface area is 156 Å². The van der Waals surface area contributed by atoms with Crippen LogP contribution >= 0.6 is 22.9 Å². The number of carbonyl (C=O) groups is 1. The largest absolute Gasteiger partial charge is 0.446 e. The molecule has 1 saturated carbocycles. The molecule has 1 aliphatic rings. The highest BCUT2D eigenvalue weighted by atomic mass is 35.5. The third-order valence-electron chi connectivity index (χ3n) is 4.04. The Kier molecular flexibility index (Phi) is 5.34. The van der Waals surface area contributed by atoms with Gasteiger partial charge in [-0.2, -0.15) is 4.98 Å². The van der Waals surface area contributed by atoms with Gasteiger partial charge in [-0.3, -0.25) is 0 Å². The molecule has 0 saturated heterocycles. The van der Waals surface area contributed by atoms with Crippen molar-refractivity contribution >= 4 is 45.1 Å². The zero-order valence-electron chi connectivity index (χ0n) is 14.6. The van der Waals surface area contributed by atoms with Crippen LogP contribution in [0, 0.1) is 0 Å². The van der Waals surface area contributed by atoms with Crippen LogP contribution in [0.25, 0.3) is 10.2 Å². The molecule has 2 N–H and O–H groups in total. The van der Waals surface area contributed by atoms with Crippen molar-refractivity contribution in [3.63, 3.8) is 0 Å². The fourth-order valence-corrected chi connectivity index (χ4v) is 3.90. The van der Waals surface area contributed by atoms with E-state index in [-0.39, 0.29) is 23.0 Å². The molecular weight excluding hydrogens is 360 g/mol. The number of halogens is 1. The van der Waals surface area contributed by atoms with Gasteiger partial charge in [0.25, 0.3) is 0 Å². The maximum Gasteiger partial charge on any atom is 0.407 e. The average Bonchev–Trinajstić information content (AvgIpc) is 2.95. The molecule has 1 aliphatic carbocycles. The molecule has 1 fully saturated rings. The molecule has 0 radical (unpaired) electrons. The van der Waals surface area contributed by atoms with Crippen molar-refractivity contribution in [1.82, 2.24) is 15.3 Å². The standard InChI is InChI=1S/C17H23ClN4O2S/c1-17(2,3)22-16(23)24-11-6-4-10(5-7-11)19-14-13-12(8-9-25-13)20-15(18)21-14/h8-11H,4-7H2,1-3H3,(H,22,23)(H,19,20,21). The van der Waals surface area contributed by atoms with Gasteiger partial charge in [0.15, 0.2) is 0 Å². The highest BCUT2D eigenvalue weighted by molar-refractivity contribution is 7.17. The van der Waals surface area contributed by atoms with E-state index in [2.05, 4.69) is 20.6 Å². The molecule has 2 heterocycles. The van der Waals surface area contributed by atoms with Crippen LogP contribution in [0.4, 0.5) is 10.6 Å². The Hall–Kier alpha value is -1.60. The lowest BCUT2D eigenvalue weighted by Crippen LogP contribution is -2.43. The number of anilines is 1. The minimum atomic E-state index is -0.341. The number of hydrogen-bond acceptors (Lipinski definition) is 6. The number of hydrogen-bond donors (Lipinski definition) is 2. The summed E-state index contributed by atoms with van der Waals surface area (Å²) < 4.78 is 6.54. The van der Waals surface area contributed by atoms with Gasteiger partial charge in [-0.25, -0.2) is 9.78 Å². The van der Waals surface area contributed by atoms with Crippen molar-refractivity contribution in [1.29, 1.82) is 0 Å². The van der Waals surface area contributed by atoms with Crippen LogP contribution in [0.2, 0.25) is 5.28 Å². The van der Waals surface area contributed by atoms with Gasteiger partial charge in [0, 0.05) is 11.6 Å². The summed E-state index contributed by atoms with van der Waals surface area (Å²) >= 11 is 7.61. The molecule has 0 aliphatic heterocycles. The first kappa shape index (κ1) is 18.2. The third-order valence-corrected chi connectivity index (χ3v) is 5.12. The Morgan fingerprint density at radius 3 is 2.68 bits per heavy atom. The molecule has 25 heavy (non-hydrogen) atoms. The van der Waals surface area contributed by atoms with Gasteiger partial charge in [0.2, 0.25) is 5.28 Å². The second-order valence-electron chi connectivity index (χ2n) is 7.37. The number of carbonyl (C=O) groups excluding carboxylic acids is 1. The number of nitrogens with zero attached hydrogens (tertiary/aromatic N) is 2. The zero-order chi connectivity index (χ0) is 18.0. The molecule has 0 bridgehead atoms. The molecular formula is C17H23ClN4O2S. The molecule has 3 rings (SSSR count). The minimum absolute atomic E-state index is 0.0313. The van der Waals surface area contributed by atoms with Crippen LogP contribution in [0.3, 0.4) is 0 Å². The van der Waals surface area contributed by atoms with Crippen molar-refractivity contribution in [3.05, 3.63) is 16.7 Å². The molecule has 8 heteroatoms. The third kappa shape index (κ3) is 4.95. The van der Waals surface area contributed by atoms with Crippen molar-refractivity contribution in [2.24, 2.45) is 0 Å². The highest BCUT2D eigenvalue weighted by Gasteiger charge is 2.26. The van der Waals surface area contributed by atoms with Crippen LogP contribution in [-0.2, 0) is 4.74 Å². The van der Waals surface area contributed by atoms with E-state index in [1.54, 1.807) is 11.3 Å². The predicted molar refractivity (Wildman–Crippen MR) is 101 cm³/mol. The molecule has 6 nitrogen and oxygen atoms in total. The Morgan fingerprint density at radius 1 is 1.28 bits per heavy atom. The molecule has 1 amide bonds. The number of rotatable bonds is 3. The van der Waals surface area contributed by atoms with Gasteiger partial charge in [0.05, 0.1) is 10.2 Å². The lowest BCUT2D eigenvalue weighted by atomic mass is 9.93. The van der Waals surface area contributed by atoms with Crippen molar-refractivity contribution in [2.75, 3.05) is 5.32 Å². The van der Waals surface area contributed by atoms with Crippen LogP contribution in [-0.4, -0.2) is 33.7 Å². The lowest BCUT2D eigenvalue weighted by molar-refractivity contribution is 0.0682. The molecule has 2 aromatic rings. The molecule has 2 aromatic heterocycles. The smallest absolute Gasteiger partial charge is 0.407 e. The predicted octanol–water partition coefficient (Wildman–Crippen LogP) is 4.59. The summed E-state index contributed by atoms with van der Waals surface area (Å²) in [6.45, 7) is 5.81. The maximum absolute atomic E-state index is 11.9. The number of aromatic nitrogens is 2. The van der Waals surface area contributed by atoms with Crippen molar-refractivity contribution < 1.29 is 9.53 Å². The number of fused-ring (bicyclic) bond motifs is 1. The quantitative estimate of drug-likeness (QED) is 0.759. The van der Waals surface area contributed by atoms with E-state index >= 15 is 0 Å². The summed E-state index contributed by atoms with van der Waals surface area (Å²) in [5.74, 6) is 0.792.